The number of rotatable bonds is 2. The lowest BCUT2D eigenvalue weighted by molar-refractivity contribution is 0.992. The summed E-state index contributed by atoms with van der Waals surface area (Å²) in [5.41, 5.74) is 1.00. The number of nitrogens with zero attached hydrogens (tertiary/aromatic N) is 2. The predicted octanol–water partition coefficient (Wildman–Crippen LogP) is 4.79. The molecule has 0 amide bonds. The highest BCUT2D eigenvalue weighted by Gasteiger charge is 2.11. The van der Waals surface area contributed by atoms with Gasteiger partial charge in [-0.15, -0.1) is 11.3 Å². The van der Waals surface area contributed by atoms with E-state index in [1.54, 1.807) is 11.3 Å². The largest absolute Gasteiger partial charge is 0.231 e. The fourth-order valence-electron chi connectivity index (χ4n) is 1.24. The van der Waals surface area contributed by atoms with Crippen molar-refractivity contribution in [1.29, 1.82) is 0 Å². The SMILES string of the molecule is CCc1nc(-c2ccc(Br)s2)nc(Cl)c1I. The minimum absolute atomic E-state index is 0.534. The van der Waals surface area contributed by atoms with Gasteiger partial charge in [0.1, 0.15) is 5.15 Å². The van der Waals surface area contributed by atoms with Crippen molar-refractivity contribution in [2.24, 2.45) is 0 Å². The van der Waals surface area contributed by atoms with E-state index in [0.29, 0.717) is 11.0 Å². The molecule has 0 aliphatic rings. The summed E-state index contributed by atoms with van der Waals surface area (Å²) in [6, 6.07) is 3.98. The highest BCUT2D eigenvalue weighted by Crippen LogP contribution is 2.31. The van der Waals surface area contributed by atoms with Crippen molar-refractivity contribution in [2.75, 3.05) is 0 Å². The van der Waals surface area contributed by atoms with Gasteiger partial charge in [-0.3, -0.25) is 0 Å². The van der Waals surface area contributed by atoms with Gasteiger partial charge in [0, 0.05) is 0 Å². The molecule has 0 aliphatic heterocycles. The van der Waals surface area contributed by atoms with Crippen molar-refractivity contribution in [1.82, 2.24) is 9.97 Å². The number of aromatic nitrogens is 2. The van der Waals surface area contributed by atoms with Crippen LogP contribution in [-0.2, 0) is 6.42 Å². The zero-order valence-corrected chi connectivity index (χ0v) is 13.6. The van der Waals surface area contributed by atoms with Gasteiger partial charge in [0.05, 0.1) is 17.9 Å². The Bertz CT molecular complexity index is 530. The van der Waals surface area contributed by atoms with Crippen LogP contribution in [-0.4, -0.2) is 9.97 Å². The molecule has 84 valence electrons. The fraction of sp³-hybridized carbons (Fsp3) is 0.200. The second-order valence-corrected chi connectivity index (χ2v) is 6.96. The number of thiophene rings is 1. The van der Waals surface area contributed by atoms with Crippen molar-refractivity contribution in [2.45, 2.75) is 13.3 Å². The van der Waals surface area contributed by atoms with Crippen LogP contribution in [0.25, 0.3) is 10.7 Å². The molecule has 6 heteroatoms. The summed E-state index contributed by atoms with van der Waals surface area (Å²) < 4.78 is 2.01. The molecule has 16 heavy (non-hydrogen) atoms. The Morgan fingerprint density at radius 3 is 2.75 bits per heavy atom. The van der Waals surface area contributed by atoms with Crippen LogP contribution < -0.4 is 0 Å². The van der Waals surface area contributed by atoms with E-state index in [0.717, 1.165) is 24.3 Å². The zero-order chi connectivity index (χ0) is 11.7. The maximum atomic E-state index is 6.09. The third kappa shape index (κ3) is 2.57. The van der Waals surface area contributed by atoms with E-state index >= 15 is 0 Å². The molecular formula is C10H7BrClIN2S. The molecule has 2 heterocycles. The van der Waals surface area contributed by atoms with Crippen molar-refractivity contribution >= 4 is 61.5 Å². The Labute approximate surface area is 125 Å². The molecule has 0 spiro atoms. The minimum atomic E-state index is 0.534. The van der Waals surface area contributed by atoms with Crippen LogP contribution in [0.2, 0.25) is 5.15 Å². The van der Waals surface area contributed by atoms with Gasteiger partial charge in [-0.2, -0.15) is 0 Å². The van der Waals surface area contributed by atoms with Gasteiger partial charge in [-0.25, -0.2) is 9.97 Å². The second-order valence-electron chi connectivity index (χ2n) is 3.06. The molecule has 0 radical (unpaired) electrons. The number of aryl methyl sites for hydroxylation is 1. The van der Waals surface area contributed by atoms with Crippen LogP contribution >= 0.6 is 61.5 Å². The Balaban J connectivity index is 2.54. The molecule has 2 aromatic heterocycles. The van der Waals surface area contributed by atoms with Crippen LogP contribution in [0.4, 0.5) is 0 Å². The lowest BCUT2D eigenvalue weighted by Crippen LogP contribution is -1.98. The first-order chi connectivity index (χ1) is 7.61. The summed E-state index contributed by atoms with van der Waals surface area (Å²) in [7, 11) is 0. The van der Waals surface area contributed by atoms with Crippen molar-refractivity contribution in [3.63, 3.8) is 0 Å². The normalized spacial score (nSPS) is 10.8. The Morgan fingerprint density at radius 2 is 2.19 bits per heavy atom. The van der Waals surface area contributed by atoms with Gasteiger partial charge < -0.3 is 0 Å². The van der Waals surface area contributed by atoms with E-state index in [1.165, 1.54) is 0 Å². The molecule has 0 bridgehead atoms. The van der Waals surface area contributed by atoms with Gasteiger partial charge in [-0.05, 0) is 57.1 Å². The molecule has 2 nitrogen and oxygen atoms in total. The molecule has 2 aromatic rings. The summed E-state index contributed by atoms with van der Waals surface area (Å²) in [6.45, 7) is 2.06. The molecule has 0 N–H and O–H groups in total. The Kier molecular flexibility index (Phi) is 4.21. The molecule has 0 saturated carbocycles. The standard InChI is InChI=1S/C10H7BrClIN2S/c1-2-5-8(13)9(12)15-10(14-5)6-3-4-7(11)16-6/h3-4H,2H2,1H3. The van der Waals surface area contributed by atoms with E-state index in [4.69, 9.17) is 11.6 Å². The molecule has 0 saturated heterocycles. The molecule has 2 rings (SSSR count). The summed E-state index contributed by atoms with van der Waals surface area (Å²) >= 11 is 13.3. The van der Waals surface area contributed by atoms with Crippen LogP contribution in [0.5, 0.6) is 0 Å². The number of hydrogen-bond acceptors (Lipinski definition) is 3. The van der Waals surface area contributed by atoms with Crippen molar-refractivity contribution in [3.8, 4) is 10.7 Å². The number of hydrogen-bond donors (Lipinski definition) is 0. The highest BCUT2D eigenvalue weighted by molar-refractivity contribution is 14.1. The van der Waals surface area contributed by atoms with Gasteiger partial charge in [-0.1, -0.05) is 18.5 Å². The van der Waals surface area contributed by atoms with Gasteiger partial charge in [0.15, 0.2) is 5.82 Å². The maximum absolute atomic E-state index is 6.09. The fourth-order valence-corrected chi connectivity index (χ4v) is 3.37. The minimum Gasteiger partial charge on any atom is -0.231 e. The topological polar surface area (TPSA) is 25.8 Å². The van der Waals surface area contributed by atoms with Crippen LogP contribution in [0.15, 0.2) is 15.9 Å². The Morgan fingerprint density at radius 1 is 1.44 bits per heavy atom. The first kappa shape index (κ1) is 12.7. The van der Waals surface area contributed by atoms with Crippen LogP contribution in [0.3, 0.4) is 0 Å². The van der Waals surface area contributed by atoms with Gasteiger partial charge in [0.25, 0.3) is 0 Å². The first-order valence-corrected chi connectivity index (χ1v) is 7.66. The number of halogens is 3. The van der Waals surface area contributed by atoms with E-state index in [9.17, 15) is 0 Å². The average Bonchev–Trinajstić information content (AvgIpc) is 2.69. The van der Waals surface area contributed by atoms with Crippen LogP contribution in [0, 0.1) is 3.57 Å². The Hall–Kier alpha value is 0.280. The second kappa shape index (κ2) is 5.29. The van der Waals surface area contributed by atoms with E-state index in [2.05, 4.69) is 55.4 Å². The van der Waals surface area contributed by atoms with E-state index in [1.807, 2.05) is 12.1 Å². The summed E-state index contributed by atoms with van der Waals surface area (Å²) in [5.74, 6) is 0.706. The molecule has 0 aromatic carbocycles. The zero-order valence-electron chi connectivity index (χ0n) is 8.30. The molecule has 0 atom stereocenters. The lowest BCUT2D eigenvalue weighted by atomic mass is 10.3. The van der Waals surface area contributed by atoms with Crippen molar-refractivity contribution in [3.05, 3.63) is 30.3 Å². The van der Waals surface area contributed by atoms with Gasteiger partial charge in [0.2, 0.25) is 0 Å². The van der Waals surface area contributed by atoms with Crippen LogP contribution in [0.1, 0.15) is 12.6 Å². The summed E-state index contributed by atoms with van der Waals surface area (Å²) in [5, 5.41) is 0.534. The third-order valence-electron chi connectivity index (χ3n) is 2.01. The molecule has 0 fully saturated rings. The van der Waals surface area contributed by atoms with Crippen molar-refractivity contribution < 1.29 is 0 Å². The lowest BCUT2D eigenvalue weighted by Gasteiger charge is -2.04. The quantitative estimate of drug-likeness (QED) is 0.507. The molecular weight excluding hydrogens is 422 g/mol. The average molecular weight is 430 g/mol. The predicted molar refractivity (Wildman–Crippen MR) is 80.2 cm³/mol. The maximum Gasteiger partial charge on any atom is 0.171 e. The monoisotopic (exact) mass is 428 g/mol. The van der Waals surface area contributed by atoms with E-state index in [-0.39, 0.29) is 0 Å². The van der Waals surface area contributed by atoms with E-state index < -0.39 is 0 Å². The molecule has 0 aliphatic carbocycles. The summed E-state index contributed by atoms with van der Waals surface area (Å²) in [4.78, 5) is 9.85. The summed E-state index contributed by atoms with van der Waals surface area (Å²) in [6.07, 6.45) is 0.861. The third-order valence-corrected chi connectivity index (χ3v) is 5.35. The first-order valence-electron chi connectivity index (χ1n) is 4.59. The van der Waals surface area contributed by atoms with Gasteiger partial charge >= 0.3 is 0 Å². The highest BCUT2D eigenvalue weighted by atomic mass is 127. The molecule has 0 unspecified atom stereocenters. The smallest absolute Gasteiger partial charge is 0.171 e.